The van der Waals surface area contributed by atoms with Crippen LogP contribution in [0.3, 0.4) is 0 Å². The van der Waals surface area contributed by atoms with Crippen LogP contribution in [0.2, 0.25) is 0 Å². The van der Waals surface area contributed by atoms with Gasteiger partial charge in [-0.3, -0.25) is 5.01 Å². The SMILES string of the molecule is CCN(CC)N([O-])[N-]OCSC. The predicted octanol–water partition coefficient (Wildman–Crippen LogP) is 1.58. The maximum atomic E-state index is 11.0. The van der Waals surface area contributed by atoms with Gasteiger partial charge in [-0.25, -0.2) is 0 Å². The third-order valence-corrected chi connectivity index (χ3v) is 1.61. The molecule has 0 rings (SSSR count). The Balaban J connectivity index is 3.47. The Bertz CT molecular complexity index is 103. The molecule has 0 aromatic rings. The Morgan fingerprint density at radius 2 is 2.00 bits per heavy atom. The van der Waals surface area contributed by atoms with Crippen LogP contribution in [0, 0.1) is 5.21 Å². The van der Waals surface area contributed by atoms with Gasteiger partial charge in [0, 0.05) is 13.1 Å². The number of nitrogens with zero attached hydrogens (tertiary/aromatic N) is 3. The van der Waals surface area contributed by atoms with Crippen molar-refractivity contribution in [1.29, 1.82) is 0 Å². The second-order valence-electron chi connectivity index (χ2n) is 2.01. The summed E-state index contributed by atoms with van der Waals surface area (Å²) >= 11 is 1.47. The van der Waals surface area contributed by atoms with Crippen molar-refractivity contribution in [3.05, 3.63) is 10.8 Å². The first-order chi connectivity index (χ1) is 5.76. The highest BCUT2D eigenvalue weighted by Gasteiger charge is 1.91. The van der Waals surface area contributed by atoms with Crippen LogP contribution in [0.5, 0.6) is 0 Å². The Labute approximate surface area is 77.5 Å². The van der Waals surface area contributed by atoms with Gasteiger partial charge in [0.1, 0.15) is 0 Å². The van der Waals surface area contributed by atoms with E-state index in [1.165, 1.54) is 16.8 Å². The molecule has 5 nitrogen and oxygen atoms in total. The van der Waals surface area contributed by atoms with Crippen LogP contribution in [0.4, 0.5) is 0 Å². The molecule has 0 saturated heterocycles. The number of hydrogen-bond donors (Lipinski definition) is 0. The van der Waals surface area contributed by atoms with Gasteiger partial charge in [-0.2, -0.15) is 0 Å². The van der Waals surface area contributed by atoms with Crippen LogP contribution in [0.1, 0.15) is 13.8 Å². The lowest BCUT2D eigenvalue weighted by Gasteiger charge is -2.50. The molecule has 0 radical (unpaired) electrons. The number of hydrogen-bond acceptors (Lipinski definition) is 5. The molecule has 12 heavy (non-hydrogen) atoms. The summed E-state index contributed by atoms with van der Waals surface area (Å²) in [5.74, 6) is 0.403. The topological polar surface area (TPSA) is 52.9 Å². The van der Waals surface area contributed by atoms with E-state index in [0.717, 1.165) is 0 Å². The first kappa shape index (κ1) is 12.2. The molecule has 0 N–H and O–H groups in total. The van der Waals surface area contributed by atoms with E-state index >= 15 is 0 Å². The van der Waals surface area contributed by atoms with Gasteiger partial charge < -0.3 is 20.9 Å². The summed E-state index contributed by atoms with van der Waals surface area (Å²) < 4.78 is 0. The minimum Gasteiger partial charge on any atom is -0.788 e. The van der Waals surface area contributed by atoms with Crippen LogP contribution < -0.4 is 0 Å². The third-order valence-electron chi connectivity index (χ3n) is 1.27. The molecular formula is C6H15N3O2S-2. The van der Waals surface area contributed by atoms with Gasteiger partial charge in [0.25, 0.3) is 0 Å². The fourth-order valence-corrected chi connectivity index (χ4v) is 0.795. The molecule has 0 unspecified atom stereocenters. The van der Waals surface area contributed by atoms with Gasteiger partial charge in [0.15, 0.2) is 0 Å². The minimum absolute atomic E-state index is 0.403. The van der Waals surface area contributed by atoms with Crippen LogP contribution in [-0.2, 0) is 4.84 Å². The first-order valence-electron chi connectivity index (χ1n) is 3.80. The largest absolute Gasteiger partial charge is 0.788 e. The predicted molar refractivity (Wildman–Crippen MR) is 51.0 cm³/mol. The van der Waals surface area contributed by atoms with Crippen molar-refractivity contribution in [2.45, 2.75) is 13.8 Å². The Hall–Kier alpha value is 0.150. The second-order valence-corrected chi connectivity index (χ2v) is 2.82. The van der Waals surface area contributed by atoms with E-state index in [1.54, 1.807) is 0 Å². The van der Waals surface area contributed by atoms with E-state index in [4.69, 9.17) is 0 Å². The summed E-state index contributed by atoms with van der Waals surface area (Å²) in [6, 6.07) is 0. The second kappa shape index (κ2) is 7.78. The number of rotatable bonds is 7. The van der Waals surface area contributed by atoms with Gasteiger partial charge >= 0.3 is 0 Å². The maximum Gasteiger partial charge on any atom is 0.0730 e. The van der Waals surface area contributed by atoms with Crippen molar-refractivity contribution in [3.8, 4) is 0 Å². The molecule has 6 heteroatoms. The monoisotopic (exact) mass is 193 g/mol. The molecule has 0 aromatic heterocycles. The number of thioether (sulfide) groups is 1. The molecule has 0 bridgehead atoms. The van der Waals surface area contributed by atoms with E-state index < -0.39 is 0 Å². The molecule has 0 aromatic carbocycles. The number of hydrazine groups is 1. The normalized spacial score (nSPS) is 11.5. The van der Waals surface area contributed by atoms with Crippen molar-refractivity contribution in [3.63, 3.8) is 0 Å². The van der Waals surface area contributed by atoms with E-state index in [1.807, 2.05) is 20.1 Å². The summed E-state index contributed by atoms with van der Waals surface area (Å²) in [4.78, 5) is 4.69. The highest BCUT2D eigenvalue weighted by atomic mass is 32.2. The van der Waals surface area contributed by atoms with E-state index in [9.17, 15) is 5.21 Å². The summed E-state index contributed by atoms with van der Waals surface area (Å²) in [5.41, 5.74) is 3.34. The van der Waals surface area contributed by atoms with Crippen LogP contribution in [0.25, 0.3) is 5.59 Å². The maximum absolute atomic E-state index is 11.0. The van der Waals surface area contributed by atoms with Gasteiger partial charge in [-0.05, 0) is 6.26 Å². The molecule has 0 amide bonds. The summed E-state index contributed by atoms with van der Waals surface area (Å²) in [5, 5.41) is 13.0. The molecule has 0 heterocycles. The van der Waals surface area contributed by atoms with Crippen LogP contribution in [0.15, 0.2) is 0 Å². The summed E-state index contributed by atoms with van der Waals surface area (Å²) in [6.45, 7) is 5.04. The quantitative estimate of drug-likeness (QED) is 0.349. The van der Waals surface area contributed by atoms with Crippen LogP contribution in [-0.4, -0.2) is 35.6 Å². The van der Waals surface area contributed by atoms with Crippen molar-refractivity contribution in [2.24, 2.45) is 0 Å². The molecule has 0 fully saturated rings. The Morgan fingerprint density at radius 1 is 1.42 bits per heavy atom. The molecule has 0 atom stereocenters. The van der Waals surface area contributed by atoms with Crippen molar-refractivity contribution < 1.29 is 4.84 Å². The smallest absolute Gasteiger partial charge is 0.0730 e. The minimum atomic E-state index is 0.403. The lowest BCUT2D eigenvalue weighted by atomic mass is 10.6. The first-order valence-corrected chi connectivity index (χ1v) is 5.19. The van der Waals surface area contributed by atoms with E-state index in [2.05, 4.69) is 10.4 Å². The standard InChI is InChI=1S/C6H15N3O2S/c1-4-8(5-2)9(10)7-11-6-12-3/h4-6H2,1-3H3/q-2. The summed E-state index contributed by atoms with van der Waals surface area (Å²) in [6.07, 6.45) is 1.88. The van der Waals surface area contributed by atoms with Gasteiger partial charge in [0.2, 0.25) is 0 Å². The molecule has 0 saturated carbocycles. The van der Waals surface area contributed by atoms with E-state index in [-0.39, 0.29) is 0 Å². The fourth-order valence-electron chi connectivity index (χ4n) is 0.643. The molecule has 0 aliphatic carbocycles. The van der Waals surface area contributed by atoms with Crippen LogP contribution >= 0.6 is 11.8 Å². The van der Waals surface area contributed by atoms with Gasteiger partial charge in [-0.1, -0.05) is 13.8 Å². The zero-order valence-corrected chi connectivity index (χ0v) is 8.50. The van der Waals surface area contributed by atoms with Gasteiger partial charge in [0.05, 0.1) is 5.94 Å². The van der Waals surface area contributed by atoms with Crippen molar-refractivity contribution in [1.82, 2.24) is 10.3 Å². The molecule has 74 valence electrons. The Morgan fingerprint density at radius 3 is 2.42 bits per heavy atom. The average Bonchev–Trinajstić information content (AvgIpc) is 2.07. The van der Waals surface area contributed by atoms with E-state index in [0.29, 0.717) is 24.3 Å². The molecule has 0 spiro atoms. The van der Waals surface area contributed by atoms with Gasteiger partial charge in [-0.15, -0.1) is 11.8 Å². The third kappa shape index (κ3) is 4.91. The summed E-state index contributed by atoms with van der Waals surface area (Å²) in [7, 11) is 0. The van der Waals surface area contributed by atoms with Crippen molar-refractivity contribution >= 4 is 11.8 Å². The Kier molecular flexibility index (Phi) is 7.88. The molecule has 0 aliphatic heterocycles. The lowest BCUT2D eigenvalue weighted by Crippen LogP contribution is -2.35. The fraction of sp³-hybridized carbons (Fsp3) is 1.00. The zero-order valence-electron chi connectivity index (χ0n) is 7.69. The molecule has 0 aliphatic rings. The van der Waals surface area contributed by atoms with Crippen molar-refractivity contribution in [2.75, 3.05) is 25.3 Å². The average molecular weight is 193 g/mol. The zero-order chi connectivity index (χ0) is 9.40. The highest BCUT2D eigenvalue weighted by molar-refractivity contribution is 7.98. The lowest BCUT2D eigenvalue weighted by molar-refractivity contribution is 0.00520. The highest BCUT2D eigenvalue weighted by Crippen LogP contribution is 2.05. The molecular weight excluding hydrogens is 178 g/mol.